The topological polar surface area (TPSA) is 44.0 Å². The van der Waals surface area contributed by atoms with E-state index in [1.54, 1.807) is 6.92 Å². The molecule has 0 aromatic carbocycles. The summed E-state index contributed by atoms with van der Waals surface area (Å²) in [6, 6.07) is 2.06. The Hall–Kier alpha value is -0.550. The van der Waals surface area contributed by atoms with E-state index in [1.165, 1.54) is 19.3 Å². The van der Waals surface area contributed by atoms with Crippen LogP contribution in [0.15, 0.2) is 0 Å². The first-order chi connectivity index (χ1) is 5.67. The maximum absolute atomic E-state index is 9.92. The van der Waals surface area contributed by atoms with E-state index >= 15 is 0 Å². The molecule has 0 aromatic heterocycles. The van der Waals surface area contributed by atoms with Crippen molar-refractivity contribution in [2.75, 3.05) is 0 Å². The molecule has 0 amide bonds. The second-order valence-corrected chi connectivity index (χ2v) is 4.03. The lowest BCUT2D eigenvalue weighted by molar-refractivity contribution is -0.0121. The molecule has 2 heteroatoms. The van der Waals surface area contributed by atoms with Crippen molar-refractivity contribution in [2.24, 2.45) is 5.92 Å². The lowest BCUT2D eigenvalue weighted by Crippen LogP contribution is -2.35. The molecular formula is C10H17NO. The molecule has 0 aliphatic heterocycles. The minimum absolute atomic E-state index is 0.275. The molecule has 0 aromatic rings. The summed E-state index contributed by atoms with van der Waals surface area (Å²) in [5.74, 6) is 0.353. The molecule has 12 heavy (non-hydrogen) atoms. The Kier molecular flexibility index (Phi) is 3.11. The molecule has 1 N–H and O–H groups in total. The first-order valence-electron chi connectivity index (χ1n) is 4.76. The fraction of sp³-hybridized carbons (Fsp3) is 0.900. The maximum Gasteiger partial charge on any atom is 0.0777 e. The maximum atomic E-state index is 9.92. The van der Waals surface area contributed by atoms with E-state index in [4.69, 9.17) is 5.26 Å². The van der Waals surface area contributed by atoms with Crippen LogP contribution in [0.3, 0.4) is 0 Å². The van der Waals surface area contributed by atoms with Gasteiger partial charge < -0.3 is 5.11 Å². The first-order valence-corrected chi connectivity index (χ1v) is 4.76. The summed E-state index contributed by atoms with van der Waals surface area (Å²) < 4.78 is 0. The van der Waals surface area contributed by atoms with Crippen LogP contribution in [0.4, 0.5) is 0 Å². The lowest BCUT2D eigenvalue weighted by Gasteiger charge is -2.33. The number of hydrogen-bond donors (Lipinski definition) is 1. The van der Waals surface area contributed by atoms with Gasteiger partial charge in [-0.25, -0.2) is 0 Å². The molecule has 0 bridgehead atoms. The standard InChI is InChI=1S/C10H17NO/c1-10(12,7-8-11)9-5-3-2-4-6-9/h9,12H,2-7H2,1H3/t10-/m0/s1. The Bertz CT molecular complexity index is 175. The molecule has 1 aliphatic carbocycles. The van der Waals surface area contributed by atoms with Gasteiger partial charge in [-0.1, -0.05) is 19.3 Å². The van der Waals surface area contributed by atoms with Gasteiger partial charge in [0.25, 0.3) is 0 Å². The normalized spacial score (nSPS) is 24.4. The molecule has 1 fully saturated rings. The highest BCUT2D eigenvalue weighted by atomic mass is 16.3. The SMILES string of the molecule is C[C@](O)(CC#N)C1CCCCC1. The first kappa shape index (κ1) is 9.54. The highest BCUT2D eigenvalue weighted by Crippen LogP contribution is 2.34. The van der Waals surface area contributed by atoms with Crippen molar-refractivity contribution in [3.8, 4) is 6.07 Å². The van der Waals surface area contributed by atoms with Crippen LogP contribution in [0.1, 0.15) is 45.4 Å². The van der Waals surface area contributed by atoms with E-state index in [0.717, 1.165) is 12.8 Å². The van der Waals surface area contributed by atoms with Crippen LogP contribution in [0.2, 0.25) is 0 Å². The molecule has 2 nitrogen and oxygen atoms in total. The van der Waals surface area contributed by atoms with E-state index in [9.17, 15) is 5.11 Å². The summed E-state index contributed by atoms with van der Waals surface area (Å²) in [4.78, 5) is 0. The molecule has 1 atom stereocenters. The van der Waals surface area contributed by atoms with Crippen molar-refractivity contribution in [1.82, 2.24) is 0 Å². The minimum Gasteiger partial charge on any atom is -0.389 e. The summed E-state index contributed by atoms with van der Waals surface area (Å²) in [5.41, 5.74) is -0.741. The van der Waals surface area contributed by atoms with E-state index < -0.39 is 5.60 Å². The van der Waals surface area contributed by atoms with Crippen LogP contribution in [0.5, 0.6) is 0 Å². The zero-order valence-corrected chi connectivity index (χ0v) is 7.71. The minimum atomic E-state index is -0.741. The van der Waals surface area contributed by atoms with Crippen molar-refractivity contribution >= 4 is 0 Å². The fourth-order valence-electron chi connectivity index (χ4n) is 2.03. The molecule has 1 saturated carbocycles. The molecule has 0 heterocycles. The van der Waals surface area contributed by atoms with Crippen LogP contribution in [0, 0.1) is 17.2 Å². The van der Waals surface area contributed by atoms with Crippen molar-refractivity contribution < 1.29 is 5.11 Å². The molecule has 0 unspecified atom stereocenters. The largest absolute Gasteiger partial charge is 0.389 e. The van der Waals surface area contributed by atoms with Gasteiger partial charge in [0.05, 0.1) is 18.1 Å². The van der Waals surface area contributed by atoms with Gasteiger partial charge in [-0.2, -0.15) is 5.26 Å². The van der Waals surface area contributed by atoms with Crippen LogP contribution in [-0.4, -0.2) is 10.7 Å². The molecule has 0 saturated heterocycles. The molecule has 1 aliphatic rings. The van der Waals surface area contributed by atoms with E-state index in [0.29, 0.717) is 5.92 Å². The Labute approximate surface area is 74.2 Å². The smallest absolute Gasteiger partial charge is 0.0777 e. The summed E-state index contributed by atoms with van der Waals surface area (Å²) >= 11 is 0. The van der Waals surface area contributed by atoms with Gasteiger partial charge in [-0.15, -0.1) is 0 Å². The highest BCUT2D eigenvalue weighted by Gasteiger charge is 2.32. The summed E-state index contributed by atoms with van der Waals surface area (Å²) in [7, 11) is 0. The van der Waals surface area contributed by atoms with Gasteiger partial charge in [-0.3, -0.25) is 0 Å². The lowest BCUT2D eigenvalue weighted by atomic mass is 9.76. The predicted molar refractivity (Wildman–Crippen MR) is 47.4 cm³/mol. The van der Waals surface area contributed by atoms with E-state index in [2.05, 4.69) is 6.07 Å². The zero-order chi connectivity index (χ0) is 9.03. The second kappa shape index (κ2) is 3.91. The quantitative estimate of drug-likeness (QED) is 0.685. The van der Waals surface area contributed by atoms with Crippen LogP contribution in [0.25, 0.3) is 0 Å². The van der Waals surface area contributed by atoms with Crippen molar-refractivity contribution in [3.05, 3.63) is 0 Å². The number of rotatable bonds is 2. The predicted octanol–water partition coefficient (Wildman–Crippen LogP) is 2.23. The van der Waals surface area contributed by atoms with Crippen LogP contribution < -0.4 is 0 Å². The van der Waals surface area contributed by atoms with Crippen LogP contribution in [-0.2, 0) is 0 Å². The van der Waals surface area contributed by atoms with Gasteiger partial charge in [0.15, 0.2) is 0 Å². The third-order valence-corrected chi connectivity index (χ3v) is 2.92. The number of nitriles is 1. The summed E-state index contributed by atoms with van der Waals surface area (Å²) in [5, 5.41) is 18.4. The van der Waals surface area contributed by atoms with Gasteiger partial charge in [-0.05, 0) is 25.7 Å². The van der Waals surface area contributed by atoms with Crippen molar-refractivity contribution in [2.45, 2.75) is 51.0 Å². The molecule has 0 radical (unpaired) electrons. The van der Waals surface area contributed by atoms with Crippen molar-refractivity contribution in [1.29, 1.82) is 5.26 Å². The highest BCUT2D eigenvalue weighted by molar-refractivity contribution is 4.91. The van der Waals surface area contributed by atoms with Gasteiger partial charge >= 0.3 is 0 Å². The van der Waals surface area contributed by atoms with Crippen molar-refractivity contribution in [3.63, 3.8) is 0 Å². The average Bonchev–Trinajstić information content (AvgIpc) is 2.06. The molecular weight excluding hydrogens is 150 g/mol. The Morgan fingerprint density at radius 1 is 1.42 bits per heavy atom. The number of aliphatic hydroxyl groups is 1. The molecule has 0 spiro atoms. The Morgan fingerprint density at radius 2 is 2.00 bits per heavy atom. The summed E-state index contributed by atoms with van der Waals surface area (Å²) in [6.45, 7) is 1.80. The molecule has 68 valence electrons. The number of hydrogen-bond acceptors (Lipinski definition) is 2. The average molecular weight is 167 g/mol. The third kappa shape index (κ3) is 2.22. The third-order valence-electron chi connectivity index (χ3n) is 2.92. The Morgan fingerprint density at radius 3 is 2.50 bits per heavy atom. The fourth-order valence-corrected chi connectivity index (χ4v) is 2.03. The van der Waals surface area contributed by atoms with Gasteiger partial charge in [0.1, 0.15) is 0 Å². The van der Waals surface area contributed by atoms with Crippen LogP contribution >= 0.6 is 0 Å². The van der Waals surface area contributed by atoms with Gasteiger partial charge in [0, 0.05) is 0 Å². The molecule has 1 rings (SSSR count). The van der Waals surface area contributed by atoms with E-state index in [1.807, 2.05) is 0 Å². The van der Waals surface area contributed by atoms with E-state index in [-0.39, 0.29) is 6.42 Å². The van der Waals surface area contributed by atoms with Gasteiger partial charge in [0.2, 0.25) is 0 Å². The monoisotopic (exact) mass is 167 g/mol. The summed E-state index contributed by atoms with van der Waals surface area (Å²) in [6.07, 6.45) is 6.18. The Balaban J connectivity index is 2.48. The zero-order valence-electron chi connectivity index (χ0n) is 7.71. The number of nitrogens with zero attached hydrogens (tertiary/aromatic N) is 1. The second-order valence-electron chi connectivity index (χ2n) is 4.03.